The Labute approximate surface area is 460 Å². The van der Waals surface area contributed by atoms with E-state index >= 15 is 4.39 Å². The smallest absolute Gasteiger partial charge is 0.343 e. The van der Waals surface area contributed by atoms with Crippen LogP contribution in [0.3, 0.4) is 0 Å². The van der Waals surface area contributed by atoms with Crippen molar-refractivity contribution in [1.29, 1.82) is 0 Å². The summed E-state index contributed by atoms with van der Waals surface area (Å²) in [7, 11) is 0. The molecule has 0 spiro atoms. The van der Waals surface area contributed by atoms with Gasteiger partial charge in [0.2, 0.25) is 35.4 Å². The van der Waals surface area contributed by atoms with Gasteiger partial charge in [-0.25, -0.2) is 14.2 Å². The predicted molar refractivity (Wildman–Crippen MR) is 280 cm³/mol. The molecule has 0 bridgehead atoms. The lowest BCUT2D eigenvalue weighted by atomic mass is 9.81. The standard InChI is InChI=1S/C55H59FN10O15/c1-3-55(79)33-17-38-49-31(24-65(38)53(77)32(33)25-80-54(55)78)48-35(12-11-30-27(2)34(56)18-36(63-49)47(30)48)64-52(76)40(16-29-9-10-29)81-26-61-42(68)21-59-50(74)37(15-28-7-5-4-6-8-28)62-43(69)22-58-41(67)20-60-51(75)39(19-57-23-46(72)73)66-44(70)13-14-45(66)71/h4-8,13-14,17-18,29,35,37,39-40,57,79H,3,9-12,15-16,19-26H2,1-2H3,(H,58,67)(H,59,74)(H,60,75)(H,61,68)(H,62,69)(H,64,76)(H,72,73)/t35-,37+,39-,40+,55+/m1/s1. The molecule has 1 fully saturated rings. The zero-order chi connectivity index (χ0) is 57.9. The number of nitrogens with one attached hydrogen (secondary N) is 7. The SMILES string of the molecule is CC[C@@]1(O)C(=O)OCc2c1cc1n(c2=O)Cc2c-1nc1cc(F)c(C)c3c1c2[C@H](NC(=O)[C@H](CC1CC1)OCNC(=O)CNC(=O)[C@H](Cc1ccccc1)NC(=O)CNC(=O)CNC(=O)[C@@H](CNCC(=O)O)N1C(=O)C=CC1=O)CC3. The van der Waals surface area contributed by atoms with Crippen molar-refractivity contribution in [2.24, 2.45) is 5.92 Å². The van der Waals surface area contributed by atoms with Gasteiger partial charge in [0.25, 0.3) is 17.4 Å². The highest BCUT2D eigenvalue weighted by molar-refractivity contribution is 6.15. The molecule has 5 heterocycles. The van der Waals surface area contributed by atoms with E-state index < -0.39 is 140 Å². The molecule has 2 aromatic carbocycles. The van der Waals surface area contributed by atoms with Crippen molar-refractivity contribution in [3.63, 3.8) is 0 Å². The Morgan fingerprint density at radius 3 is 2.23 bits per heavy atom. The van der Waals surface area contributed by atoms with Gasteiger partial charge >= 0.3 is 11.9 Å². The Morgan fingerprint density at radius 2 is 1.54 bits per heavy atom. The van der Waals surface area contributed by atoms with Crippen LogP contribution in [0, 0.1) is 18.7 Å². The highest BCUT2D eigenvalue weighted by Crippen LogP contribution is 2.46. The number of esters is 1. The van der Waals surface area contributed by atoms with Crippen molar-refractivity contribution < 1.29 is 72.0 Å². The summed E-state index contributed by atoms with van der Waals surface area (Å²) in [5.74, 6) is -8.68. The predicted octanol–water partition coefficient (Wildman–Crippen LogP) is -1.07. The highest BCUT2D eigenvalue weighted by Gasteiger charge is 2.46. The second-order valence-electron chi connectivity index (χ2n) is 20.4. The number of carbonyl (C=O) groups excluding carboxylic acids is 9. The van der Waals surface area contributed by atoms with Gasteiger partial charge in [0.15, 0.2) is 5.60 Å². The molecular weight excluding hydrogens is 1060 g/mol. The van der Waals surface area contributed by atoms with E-state index in [1.165, 1.54) is 10.6 Å². The zero-order valence-electron chi connectivity index (χ0n) is 44.1. The van der Waals surface area contributed by atoms with E-state index in [4.69, 9.17) is 19.6 Å². The zero-order valence-corrected chi connectivity index (χ0v) is 44.1. The summed E-state index contributed by atoms with van der Waals surface area (Å²) in [6.07, 6.45) is 3.53. The second kappa shape index (κ2) is 23.9. The number of carboxylic acid groups (broad SMARTS) is 1. The van der Waals surface area contributed by atoms with E-state index in [1.807, 2.05) is 0 Å². The summed E-state index contributed by atoms with van der Waals surface area (Å²) in [4.78, 5) is 148. The molecule has 9 rings (SSSR count). The number of pyridine rings is 2. The summed E-state index contributed by atoms with van der Waals surface area (Å²) < 4.78 is 28.3. The minimum atomic E-state index is -2.07. The van der Waals surface area contributed by atoms with Crippen molar-refractivity contribution in [2.45, 2.75) is 102 Å². The molecule has 0 radical (unpaired) electrons. The van der Waals surface area contributed by atoms with Crippen LogP contribution in [-0.2, 0) is 89.0 Å². The number of aliphatic carboxylic acids is 1. The lowest BCUT2D eigenvalue weighted by Crippen LogP contribution is -2.56. The maximum Gasteiger partial charge on any atom is 0.343 e. The molecular formula is C55H59FN10O15. The Morgan fingerprint density at radius 1 is 0.852 bits per heavy atom. The largest absolute Gasteiger partial charge is 0.480 e. The van der Waals surface area contributed by atoms with Crippen molar-refractivity contribution in [3.05, 3.63) is 110 Å². The van der Waals surface area contributed by atoms with Gasteiger partial charge in [0.1, 0.15) is 37.3 Å². The lowest BCUT2D eigenvalue weighted by Gasteiger charge is -2.31. The number of hydrogen-bond acceptors (Lipinski definition) is 16. The summed E-state index contributed by atoms with van der Waals surface area (Å²) in [5.41, 5.74) is 1.73. The molecule has 0 saturated heterocycles. The fourth-order valence-electron chi connectivity index (χ4n) is 10.6. The average Bonchev–Trinajstić information content (AvgIpc) is 4.08. The monoisotopic (exact) mass is 1120 g/mol. The number of aromatic nitrogens is 2. The van der Waals surface area contributed by atoms with Crippen LogP contribution in [0.1, 0.15) is 84.0 Å². The Balaban J connectivity index is 0.811. The number of amides is 8. The van der Waals surface area contributed by atoms with Crippen LogP contribution in [0.25, 0.3) is 22.3 Å². The first-order chi connectivity index (χ1) is 38.8. The number of aryl methyl sites for hydroxylation is 1. The summed E-state index contributed by atoms with van der Waals surface area (Å²) in [5, 5.41) is 38.8. The molecule has 26 heteroatoms. The number of carbonyl (C=O) groups is 10. The number of nitrogens with zero attached hydrogens (tertiary/aromatic N) is 3. The molecule has 25 nitrogen and oxygen atoms in total. The molecule has 5 atom stereocenters. The lowest BCUT2D eigenvalue weighted by molar-refractivity contribution is -0.172. The highest BCUT2D eigenvalue weighted by atomic mass is 19.1. The Hall–Kier alpha value is -8.75. The number of fused-ring (bicyclic) bond motifs is 5. The van der Waals surface area contributed by atoms with E-state index in [0.717, 1.165) is 30.6 Å². The van der Waals surface area contributed by atoms with Gasteiger partial charge < -0.3 is 61.5 Å². The first kappa shape index (κ1) is 57.0. The van der Waals surface area contributed by atoms with Crippen molar-refractivity contribution in [1.82, 2.24) is 51.7 Å². The number of cyclic esters (lactones) is 1. The van der Waals surface area contributed by atoms with Gasteiger partial charge in [0, 0.05) is 47.7 Å². The Kier molecular flexibility index (Phi) is 16.8. The van der Waals surface area contributed by atoms with E-state index in [1.54, 1.807) is 50.2 Å². The van der Waals surface area contributed by atoms with Gasteiger partial charge in [-0.15, -0.1) is 0 Å². The van der Waals surface area contributed by atoms with E-state index in [-0.39, 0.29) is 43.0 Å². The second-order valence-corrected chi connectivity index (χ2v) is 20.4. The van der Waals surface area contributed by atoms with Crippen LogP contribution in [-0.4, -0.2) is 142 Å². The third-order valence-electron chi connectivity index (χ3n) is 15.1. The summed E-state index contributed by atoms with van der Waals surface area (Å²) in [6, 6.07) is 8.07. The van der Waals surface area contributed by atoms with Crippen LogP contribution in [0.5, 0.6) is 0 Å². The van der Waals surface area contributed by atoms with Crippen LogP contribution >= 0.6 is 0 Å². The maximum atomic E-state index is 15.5. The first-order valence-corrected chi connectivity index (χ1v) is 26.4. The van der Waals surface area contributed by atoms with Gasteiger partial charge in [-0.3, -0.25) is 52.8 Å². The van der Waals surface area contributed by atoms with Crippen molar-refractivity contribution >= 4 is 70.1 Å². The number of rotatable bonds is 24. The van der Waals surface area contributed by atoms with Gasteiger partial charge in [-0.2, -0.15) is 0 Å². The van der Waals surface area contributed by atoms with Gasteiger partial charge in [0.05, 0.1) is 61.2 Å². The van der Waals surface area contributed by atoms with E-state index in [2.05, 4.69) is 37.2 Å². The number of carboxylic acids is 1. The van der Waals surface area contributed by atoms with Crippen LogP contribution < -0.4 is 42.8 Å². The van der Waals surface area contributed by atoms with Crippen LogP contribution in [0.4, 0.5) is 4.39 Å². The molecule has 0 unspecified atom stereocenters. The topological polar surface area (TPSA) is 352 Å². The number of hydrogen-bond donors (Lipinski definition) is 9. The van der Waals surface area contributed by atoms with Crippen LogP contribution in [0.2, 0.25) is 0 Å². The fraction of sp³-hybridized carbons (Fsp3) is 0.418. The molecule has 426 valence electrons. The molecule has 9 N–H and O–H groups in total. The molecule has 2 aliphatic carbocycles. The molecule has 81 heavy (non-hydrogen) atoms. The molecule has 4 aromatic rings. The molecule has 8 amide bonds. The fourth-order valence-corrected chi connectivity index (χ4v) is 10.6. The quantitative estimate of drug-likeness (QED) is 0.0202. The third-order valence-corrected chi connectivity index (χ3v) is 15.1. The summed E-state index contributed by atoms with van der Waals surface area (Å²) in [6.45, 7) is -0.425. The molecule has 5 aliphatic rings. The van der Waals surface area contributed by atoms with Crippen LogP contribution in [0.15, 0.2) is 59.4 Å². The maximum absolute atomic E-state index is 15.5. The molecule has 3 aliphatic heterocycles. The van der Waals surface area contributed by atoms with E-state index in [0.29, 0.717) is 68.7 Å². The van der Waals surface area contributed by atoms with E-state index in [9.17, 15) is 57.8 Å². The number of aliphatic hydroxyl groups is 1. The minimum Gasteiger partial charge on any atom is -0.480 e. The number of benzene rings is 2. The van der Waals surface area contributed by atoms with Gasteiger partial charge in [-0.05, 0) is 66.8 Å². The number of imide groups is 1. The number of halogens is 1. The normalized spacial score (nSPS) is 18.6. The van der Waals surface area contributed by atoms with Gasteiger partial charge in [-0.1, -0.05) is 50.1 Å². The molecule has 2 aromatic heterocycles. The van der Waals surface area contributed by atoms with Crippen molar-refractivity contribution in [3.8, 4) is 11.4 Å². The summed E-state index contributed by atoms with van der Waals surface area (Å²) >= 11 is 0. The minimum absolute atomic E-state index is 0.0314. The third kappa shape index (κ3) is 12.2. The van der Waals surface area contributed by atoms with Crippen molar-refractivity contribution in [2.75, 3.05) is 39.5 Å². The Bertz CT molecular complexity index is 3360. The molecule has 1 saturated carbocycles. The average molecular weight is 1120 g/mol. The number of ether oxygens (including phenoxy) is 2. The first-order valence-electron chi connectivity index (χ1n) is 26.4.